The molecule has 0 spiro atoms. The number of aliphatic hydroxyl groups excluding tert-OH is 1. The van der Waals surface area contributed by atoms with Gasteiger partial charge in [-0.25, -0.2) is 0 Å². The van der Waals surface area contributed by atoms with Crippen LogP contribution in [-0.4, -0.2) is 35.7 Å². The quantitative estimate of drug-likeness (QED) is 0.680. The molecule has 0 aromatic carbocycles. The molecule has 1 N–H and O–H groups in total. The highest BCUT2D eigenvalue weighted by molar-refractivity contribution is 4.70. The van der Waals surface area contributed by atoms with Crippen LogP contribution in [-0.2, 0) is 0 Å². The van der Waals surface area contributed by atoms with Crippen LogP contribution in [0.15, 0.2) is 0 Å². The minimum atomic E-state index is -0.0775. The molecule has 1 saturated heterocycles. The number of hydrogen-bond acceptors (Lipinski definition) is 2. The Morgan fingerprint density at radius 3 is 2.83 bits per heavy atom. The number of likely N-dealkylation sites (tertiary alicyclic amines) is 1. The average Bonchev–Trinajstić information content (AvgIpc) is 2.12. The molecule has 0 saturated carbocycles. The van der Waals surface area contributed by atoms with Crippen molar-refractivity contribution in [3.05, 3.63) is 0 Å². The summed E-state index contributed by atoms with van der Waals surface area (Å²) in [6.45, 7) is 7.67. The average molecular weight is 171 g/mol. The molecule has 0 aromatic heterocycles. The molecule has 72 valence electrons. The number of hydrogen-bond donors (Lipinski definition) is 1. The molecule has 1 atom stereocenters. The molecule has 1 fully saturated rings. The first kappa shape index (κ1) is 10.0. The van der Waals surface area contributed by atoms with E-state index in [9.17, 15) is 5.11 Å². The van der Waals surface area contributed by atoms with Gasteiger partial charge in [-0.3, -0.25) is 0 Å². The minimum Gasteiger partial charge on any atom is -0.392 e. The topological polar surface area (TPSA) is 23.5 Å². The summed E-state index contributed by atoms with van der Waals surface area (Å²) >= 11 is 0. The van der Waals surface area contributed by atoms with Crippen molar-refractivity contribution >= 4 is 0 Å². The lowest BCUT2D eigenvalue weighted by molar-refractivity contribution is 0.115. The summed E-state index contributed by atoms with van der Waals surface area (Å²) in [4.78, 5) is 2.39. The zero-order valence-corrected chi connectivity index (χ0v) is 8.29. The summed E-state index contributed by atoms with van der Waals surface area (Å²) in [7, 11) is 0. The van der Waals surface area contributed by atoms with Crippen molar-refractivity contribution in [1.29, 1.82) is 0 Å². The molecule has 2 heteroatoms. The van der Waals surface area contributed by atoms with Crippen LogP contribution < -0.4 is 0 Å². The predicted octanol–water partition coefficient (Wildman–Crippen LogP) is 1.49. The second kappa shape index (κ2) is 4.83. The summed E-state index contributed by atoms with van der Waals surface area (Å²) in [6, 6.07) is 0. The van der Waals surface area contributed by atoms with E-state index in [1.165, 1.54) is 19.4 Å². The van der Waals surface area contributed by atoms with Crippen LogP contribution in [0.1, 0.15) is 33.1 Å². The van der Waals surface area contributed by atoms with Gasteiger partial charge in [-0.2, -0.15) is 0 Å². The molecule has 1 aliphatic rings. The van der Waals surface area contributed by atoms with Crippen LogP contribution in [0.2, 0.25) is 0 Å². The monoisotopic (exact) mass is 171 g/mol. The third-order valence-electron chi connectivity index (χ3n) is 2.35. The number of aliphatic hydroxyl groups is 1. The van der Waals surface area contributed by atoms with Gasteiger partial charge in [0.15, 0.2) is 0 Å². The maximum absolute atomic E-state index is 9.53. The Morgan fingerprint density at radius 1 is 1.42 bits per heavy atom. The second-order valence-corrected chi connectivity index (χ2v) is 4.30. The maximum atomic E-state index is 9.53. The van der Waals surface area contributed by atoms with Gasteiger partial charge in [0.1, 0.15) is 0 Å². The Bertz CT molecular complexity index is 125. The Hall–Kier alpha value is -0.0800. The SMILES string of the molecule is CC(C)CN1CCCC[C@H](O)C1. The standard InChI is InChI=1S/C10H21NO/c1-9(2)7-11-6-4-3-5-10(12)8-11/h9-10,12H,3-8H2,1-2H3/t10-/m0/s1. The fourth-order valence-corrected chi connectivity index (χ4v) is 1.88. The fraction of sp³-hybridized carbons (Fsp3) is 1.00. The van der Waals surface area contributed by atoms with E-state index in [4.69, 9.17) is 0 Å². The van der Waals surface area contributed by atoms with Crippen molar-refractivity contribution in [1.82, 2.24) is 4.90 Å². The van der Waals surface area contributed by atoms with Crippen molar-refractivity contribution in [2.45, 2.75) is 39.2 Å². The molecule has 2 nitrogen and oxygen atoms in total. The van der Waals surface area contributed by atoms with E-state index in [2.05, 4.69) is 18.7 Å². The molecule has 0 unspecified atom stereocenters. The van der Waals surface area contributed by atoms with Crippen LogP contribution in [0.3, 0.4) is 0 Å². The van der Waals surface area contributed by atoms with E-state index in [-0.39, 0.29) is 6.10 Å². The third-order valence-corrected chi connectivity index (χ3v) is 2.35. The molecule has 0 aromatic rings. The fourth-order valence-electron chi connectivity index (χ4n) is 1.88. The number of β-amino-alcohol motifs (C(OH)–C–C–N with tert-alkyl or cyclic N) is 1. The van der Waals surface area contributed by atoms with E-state index in [1.54, 1.807) is 0 Å². The van der Waals surface area contributed by atoms with Crippen LogP contribution in [0.5, 0.6) is 0 Å². The molecule has 0 bridgehead atoms. The zero-order chi connectivity index (χ0) is 8.97. The van der Waals surface area contributed by atoms with Gasteiger partial charge in [0.2, 0.25) is 0 Å². The molecule has 0 amide bonds. The first-order chi connectivity index (χ1) is 5.68. The lowest BCUT2D eigenvalue weighted by Crippen LogP contribution is -2.33. The van der Waals surface area contributed by atoms with Gasteiger partial charge in [-0.15, -0.1) is 0 Å². The molecular weight excluding hydrogens is 150 g/mol. The summed E-state index contributed by atoms with van der Waals surface area (Å²) in [5.74, 6) is 0.718. The van der Waals surface area contributed by atoms with E-state index in [0.29, 0.717) is 0 Å². The zero-order valence-electron chi connectivity index (χ0n) is 8.29. The van der Waals surface area contributed by atoms with Gasteiger partial charge >= 0.3 is 0 Å². The molecule has 1 rings (SSSR count). The lowest BCUT2D eigenvalue weighted by Gasteiger charge is -2.23. The Kier molecular flexibility index (Phi) is 4.02. The third kappa shape index (κ3) is 3.55. The Morgan fingerprint density at radius 2 is 2.17 bits per heavy atom. The smallest absolute Gasteiger partial charge is 0.0667 e. The summed E-state index contributed by atoms with van der Waals surface area (Å²) in [5.41, 5.74) is 0. The van der Waals surface area contributed by atoms with Gasteiger partial charge in [-0.05, 0) is 31.7 Å². The van der Waals surface area contributed by atoms with Crippen molar-refractivity contribution in [3.8, 4) is 0 Å². The summed E-state index contributed by atoms with van der Waals surface area (Å²) in [6.07, 6.45) is 3.36. The van der Waals surface area contributed by atoms with E-state index >= 15 is 0 Å². The van der Waals surface area contributed by atoms with Crippen LogP contribution in [0.4, 0.5) is 0 Å². The lowest BCUT2D eigenvalue weighted by atomic mass is 10.2. The first-order valence-corrected chi connectivity index (χ1v) is 5.09. The van der Waals surface area contributed by atoms with Gasteiger partial charge in [0, 0.05) is 13.1 Å². The minimum absolute atomic E-state index is 0.0775. The highest BCUT2D eigenvalue weighted by atomic mass is 16.3. The molecule has 0 radical (unpaired) electrons. The van der Waals surface area contributed by atoms with Gasteiger partial charge in [0.25, 0.3) is 0 Å². The normalized spacial score (nSPS) is 27.5. The molecule has 0 aliphatic carbocycles. The van der Waals surface area contributed by atoms with Crippen molar-refractivity contribution < 1.29 is 5.11 Å². The molecule has 1 heterocycles. The van der Waals surface area contributed by atoms with E-state index in [1.807, 2.05) is 0 Å². The molecule has 12 heavy (non-hydrogen) atoms. The first-order valence-electron chi connectivity index (χ1n) is 5.09. The van der Waals surface area contributed by atoms with E-state index in [0.717, 1.165) is 25.4 Å². The van der Waals surface area contributed by atoms with Crippen LogP contribution >= 0.6 is 0 Å². The number of rotatable bonds is 2. The largest absolute Gasteiger partial charge is 0.392 e. The van der Waals surface area contributed by atoms with E-state index < -0.39 is 0 Å². The van der Waals surface area contributed by atoms with Crippen molar-refractivity contribution in [2.24, 2.45) is 5.92 Å². The molecule has 1 aliphatic heterocycles. The molecular formula is C10H21NO. The van der Waals surface area contributed by atoms with Crippen molar-refractivity contribution in [3.63, 3.8) is 0 Å². The van der Waals surface area contributed by atoms with Gasteiger partial charge in [-0.1, -0.05) is 13.8 Å². The van der Waals surface area contributed by atoms with Crippen LogP contribution in [0.25, 0.3) is 0 Å². The number of nitrogens with zero attached hydrogens (tertiary/aromatic N) is 1. The summed E-state index contributed by atoms with van der Waals surface area (Å²) < 4.78 is 0. The highest BCUT2D eigenvalue weighted by Gasteiger charge is 2.15. The summed E-state index contributed by atoms with van der Waals surface area (Å²) in [5, 5.41) is 9.53. The second-order valence-electron chi connectivity index (χ2n) is 4.30. The highest BCUT2D eigenvalue weighted by Crippen LogP contribution is 2.11. The predicted molar refractivity (Wildman–Crippen MR) is 51.1 cm³/mol. The van der Waals surface area contributed by atoms with Crippen molar-refractivity contribution in [2.75, 3.05) is 19.6 Å². The van der Waals surface area contributed by atoms with Crippen LogP contribution in [0, 0.1) is 5.92 Å². The Balaban J connectivity index is 2.31. The Labute approximate surface area is 75.6 Å². The maximum Gasteiger partial charge on any atom is 0.0667 e. The van der Waals surface area contributed by atoms with Gasteiger partial charge < -0.3 is 10.0 Å². The van der Waals surface area contributed by atoms with Gasteiger partial charge in [0.05, 0.1) is 6.10 Å².